The Kier molecular flexibility index (Phi) is 9.77. The van der Waals surface area contributed by atoms with Crippen molar-refractivity contribution in [1.82, 2.24) is 19.5 Å². The van der Waals surface area contributed by atoms with Gasteiger partial charge in [-0.05, 0) is 6.42 Å². The number of aromatic nitrogens is 4. The number of rotatable bonds is 7. The second-order valence-corrected chi connectivity index (χ2v) is 11.3. The average Bonchev–Trinajstić information content (AvgIpc) is 3.39. The topological polar surface area (TPSA) is 192 Å². The molecule has 1 saturated heterocycles. The van der Waals surface area contributed by atoms with Gasteiger partial charge in [0.1, 0.15) is 24.1 Å². The monoisotopic (exact) mass is 523 g/mol. The molecule has 4 rings (SSSR count). The molecule has 1 aliphatic carbocycles. The normalized spacial score (nSPS) is 30.0. The molecule has 13 nitrogen and oxygen atoms in total. The molecule has 2 fully saturated rings. The molecule has 34 heavy (non-hydrogen) atoms. The smallest absolute Gasteiger partial charge is 0.328 e. The van der Waals surface area contributed by atoms with Crippen LogP contribution < -0.4 is 5.73 Å². The third-order valence-corrected chi connectivity index (χ3v) is 8.33. The molecule has 0 bridgehead atoms. The lowest BCUT2D eigenvalue weighted by Crippen LogP contribution is -2.36. The summed E-state index contributed by atoms with van der Waals surface area (Å²) in [7, 11) is -6.91. The first kappa shape index (κ1) is 28.8. The van der Waals surface area contributed by atoms with Crippen LogP contribution in [0.3, 0.4) is 0 Å². The molecule has 7 unspecified atom stereocenters. The lowest BCUT2D eigenvalue weighted by molar-refractivity contribution is -0.0525. The van der Waals surface area contributed by atoms with Crippen LogP contribution in [0.4, 0.5) is 5.82 Å². The first-order valence-corrected chi connectivity index (χ1v) is 14.7. The molecule has 194 valence electrons. The quantitative estimate of drug-likeness (QED) is 0.388. The maximum atomic E-state index is 12.3. The molecule has 0 amide bonds. The predicted octanol–water partition coefficient (Wildman–Crippen LogP) is 2.53. The van der Waals surface area contributed by atoms with Gasteiger partial charge in [-0.3, -0.25) is 18.2 Å². The Hall–Kier alpha value is -1.43. The Morgan fingerprint density at radius 1 is 1.15 bits per heavy atom. The lowest BCUT2D eigenvalue weighted by Gasteiger charge is -2.25. The van der Waals surface area contributed by atoms with E-state index >= 15 is 0 Å². The van der Waals surface area contributed by atoms with Crippen molar-refractivity contribution in [3.05, 3.63) is 12.7 Å². The molecule has 2 aromatic rings. The van der Waals surface area contributed by atoms with Gasteiger partial charge in [0.25, 0.3) is 0 Å². The van der Waals surface area contributed by atoms with E-state index in [-0.39, 0.29) is 18.4 Å². The van der Waals surface area contributed by atoms with Crippen LogP contribution in [0, 0.1) is 5.92 Å². The van der Waals surface area contributed by atoms with Crippen molar-refractivity contribution in [2.24, 2.45) is 5.92 Å². The van der Waals surface area contributed by atoms with Gasteiger partial charge >= 0.3 is 15.2 Å². The van der Waals surface area contributed by atoms with E-state index in [9.17, 15) is 23.8 Å². The minimum Gasteiger partial charge on any atom is -0.382 e. The molecule has 15 heteroatoms. The Morgan fingerprint density at radius 3 is 2.32 bits per heavy atom. The predicted molar refractivity (Wildman–Crippen MR) is 126 cm³/mol. The molecular formula is C19H35N5O8P2. The van der Waals surface area contributed by atoms with Gasteiger partial charge in [0, 0.05) is 19.2 Å². The van der Waals surface area contributed by atoms with Gasteiger partial charge in [-0.1, -0.05) is 34.6 Å². The summed E-state index contributed by atoms with van der Waals surface area (Å²) in [6.45, 7) is 9.50. The van der Waals surface area contributed by atoms with Crippen LogP contribution in [0.2, 0.25) is 0 Å². The van der Waals surface area contributed by atoms with Crippen LogP contribution in [0.15, 0.2) is 12.7 Å². The highest BCUT2D eigenvalue weighted by molar-refractivity contribution is 7.53. The van der Waals surface area contributed by atoms with E-state index in [2.05, 4.69) is 15.0 Å². The maximum Gasteiger partial charge on any atom is 0.328 e. The van der Waals surface area contributed by atoms with E-state index in [1.54, 1.807) is 4.57 Å². The molecule has 0 aromatic carbocycles. The summed E-state index contributed by atoms with van der Waals surface area (Å²) in [5.74, 6) is -0.380. The molecule has 7 atom stereocenters. The number of anilines is 1. The second-order valence-electron chi connectivity index (χ2n) is 7.35. The largest absolute Gasteiger partial charge is 0.382 e. The third kappa shape index (κ3) is 5.85. The van der Waals surface area contributed by atoms with Crippen molar-refractivity contribution < 1.29 is 37.8 Å². The number of ether oxygens (including phenoxy) is 2. The highest BCUT2D eigenvalue weighted by atomic mass is 31.2. The summed E-state index contributed by atoms with van der Waals surface area (Å²) in [5.41, 5.74) is 5.64. The fourth-order valence-corrected chi connectivity index (χ4v) is 5.82. The molecule has 1 aliphatic heterocycles. The standard InChI is InChI=1S/C15H23N5O8P2.2C2H6/c1-3-29(21,22)28-11-10(7-4-8(7)30(23,24)25)27-15(12(11)26-2)20-6-19-9-13(16)17-5-18-14(9)20;2*1-2/h5-8,10-12,15H,3-4H2,1-2H3,(H,21,22)(H2,16,17,18)(H2,23,24,25);2*1-2H3. The number of nitrogens with two attached hydrogens (primary N) is 1. The van der Waals surface area contributed by atoms with E-state index in [0.717, 1.165) is 0 Å². The van der Waals surface area contributed by atoms with Crippen LogP contribution in [-0.4, -0.2) is 71.4 Å². The van der Waals surface area contributed by atoms with Crippen LogP contribution in [0.1, 0.15) is 47.3 Å². The first-order chi connectivity index (χ1) is 16.1. The Bertz CT molecular complexity index is 1050. The Morgan fingerprint density at radius 2 is 1.79 bits per heavy atom. The molecule has 2 aliphatic rings. The van der Waals surface area contributed by atoms with Gasteiger partial charge in [-0.25, -0.2) is 15.0 Å². The van der Waals surface area contributed by atoms with Crippen LogP contribution in [0.5, 0.6) is 0 Å². The minimum absolute atomic E-state index is 0.137. The SMILES string of the molecule is CC.CC.CCP(=O)(O)OC1C(C2CC2P(=O)(O)O)OC(n2cnc3c(N)ncnc32)C1OC. The van der Waals surface area contributed by atoms with Gasteiger partial charge in [0.2, 0.25) is 0 Å². The highest BCUT2D eigenvalue weighted by Gasteiger charge is 2.62. The molecule has 5 N–H and O–H groups in total. The summed E-state index contributed by atoms with van der Waals surface area (Å²) in [5, 5.41) is 0. The van der Waals surface area contributed by atoms with E-state index < -0.39 is 51.3 Å². The zero-order chi connectivity index (χ0) is 25.8. The summed E-state index contributed by atoms with van der Waals surface area (Å²) in [6, 6.07) is 0. The van der Waals surface area contributed by atoms with E-state index in [4.69, 9.17) is 19.7 Å². The number of hydrogen-bond acceptors (Lipinski definition) is 9. The molecule has 1 saturated carbocycles. The zero-order valence-electron chi connectivity index (χ0n) is 20.2. The molecule has 3 heterocycles. The van der Waals surface area contributed by atoms with Gasteiger partial charge in [0.15, 0.2) is 17.7 Å². The summed E-state index contributed by atoms with van der Waals surface area (Å²) < 4.78 is 42.7. The van der Waals surface area contributed by atoms with Gasteiger partial charge in [-0.15, -0.1) is 0 Å². The average molecular weight is 523 g/mol. The fraction of sp³-hybridized carbons (Fsp3) is 0.737. The number of imidazole rings is 1. The summed E-state index contributed by atoms with van der Waals surface area (Å²) in [6.07, 6.45) is -0.885. The fourth-order valence-electron chi connectivity index (χ4n) is 3.87. The third-order valence-electron chi connectivity index (χ3n) is 5.50. The summed E-state index contributed by atoms with van der Waals surface area (Å²) in [4.78, 5) is 41.4. The Balaban J connectivity index is 0.000000970. The Labute approximate surface area is 198 Å². The number of nitrogen functional groups attached to an aromatic ring is 1. The van der Waals surface area contributed by atoms with Crippen molar-refractivity contribution in [2.75, 3.05) is 19.0 Å². The van der Waals surface area contributed by atoms with Gasteiger partial charge < -0.3 is 29.9 Å². The maximum absolute atomic E-state index is 12.3. The number of nitrogens with zero attached hydrogens (tertiary/aromatic N) is 4. The number of fused-ring (bicyclic) bond motifs is 1. The molecule has 2 aromatic heterocycles. The zero-order valence-corrected chi connectivity index (χ0v) is 22.0. The van der Waals surface area contributed by atoms with Crippen molar-refractivity contribution >= 4 is 32.2 Å². The van der Waals surface area contributed by atoms with Gasteiger partial charge in [-0.2, -0.15) is 0 Å². The minimum atomic E-state index is -4.34. The molecular weight excluding hydrogens is 488 g/mol. The summed E-state index contributed by atoms with van der Waals surface area (Å²) >= 11 is 0. The van der Waals surface area contributed by atoms with Crippen molar-refractivity contribution in [3.63, 3.8) is 0 Å². The van der Waals surface area contributed by atoms with Crippen molar-refractivity contribution in [2.45, 2.75) is 71.2 Å². The van der Waals surface area contributed by atoms with Gasteiger partial charge in [0.05, 0.1) is 18.1 Å². The molecule has 0 spiro atoms. The van der Waals surface area contributed by atoms with E-state index in [0.29, 0.717) is 11.2 Å². The van der Waals surface area contributed by atoms with Crippen molar-refractivity contribution in [1.29, 1.82) is 0 Å². The second kappa shape index (κ2) is 11.5. The number of hydrogen-bond donors (Lipinski definition) is 4. The molecule has 0 radical (unpaired) electrons. The van der Waals surface area contributed by atoms with E-state index in [1.165, 1.54) is 26.7 Å². The van der Waals surface area contributed by atoms with Crippen LogP contribution >= 0.6 is 15.2 Å². The van der Waals surface area contributed by atoms with Crippen molar-refractivity contribution in [3.8, 4) is 0 Å². The van der Waals surface area contributed by atoms with Crippen LogP contribution in [-0.2, 0) is 23.1 Å². The highest BCUT2D eigenvalue weighted by Crippen LogP contribution is 2.62. The number of methoxy groups -OCH3 is 1. The lowest BCUT2D eigenvalue weighted by atomic mass is 10.1. The van der Waals surface area contributed by atoms with Crippen LogP contribution in [0.25, 0.3) is 11.2 Å². The first-order valence-electron chi connectivity index (χ1n) is 11.2. The van der Waals surface area contributed by atoms with E-state index in [1.807, 2.05) is 27.7 Å².